The minimum absolute atomic E-state index is 0.194. The normalized spacial score (nSPS) is 20.9. The van der Waals surface area contributed by atoms with E-state index >= 15 is 0 Å². The second-order valence-electron chi connectivity index (χ2n) is 5.90. The number of nitrogens with zero attached hydrogens (tertiary/aromatic N) is 3. The zero-order chi connectivity index (χ0) is 15.8. The standard InChI is InChI=1S/C16H18ClN3O3/c1-10-18-16(19-23-10)13-3-2-4-20(13)9-11-7-12(17)15-14(8-11)21-5-6-22-15/h7-8,13H,2-6,9H2,1H3/t13-/m1/s1. The van der Waals surface area contributed by atoms with Crippen LogP contribution in [0.15, 0.2) is 16.7 Å². The van der Waals surface area contributed by atoms with Crippen LogP contribution in [0.4, 0.5) is 0 Å². The van der Waals surface area contributed by atoms with E-state index in [4.69, 9.17) is 25.6 Å². The summed E-state index contributed by atoms with van der Waals surface area (Å²) in [4.78, 5) is 6.74. The van der Waals surface area contributed by atoms with Gasteiger partial charge in [-0.05, 0) is 37.1 Å². The van der Waals surface area contributed by atoms with Crippen molar-refractivity contribution in [2.24, 2.45) is 0 Å². The molecule has 1 fully saturated rings. The molecule has 7 heteroatoms. The molecule has 0 radical (unpaired) electrons. The molecule has 6 nitrogen and oxygen atoms in total. The van der Waals surface area contributed by atoms with E-state index in [1.54, 1.807) is 0 Å². The lowest BCUT2D eigenvalue weighted by molar-refractivity contribution is 0.171. The summed E-state index contributed by atoms with van der Waals surface area (Å²) in [6, 6.07) is 4.16. The van der Waals surface area contributed by atoms with Gasteiger partial charge in [0, 0.05) is 13.5 Å². The molecule has 122 valence electrons. The molecule has 1 aromatic carbocycles. The first-order valence-electron chi connectivity index (χ1n) is 7.83. The fourth-order valence-electron chi connectivity index (χ4n) is 3.25. The second-order valence-corrected chi connectivity index (χ2v) is 6.31. The van der Waals surface area contributed by atoms with Crippen molar-refractivity contribution in [1.82, 2.24) is 15.0 Å². The van der Waals surface area contributed by atoms with Crippen molar-refractivity contribution in [2.75, 3.05) is 19.8 Å². The average Bonchev–Trinajstić information content (AvgIpc) is 3.16. The van der Waals surface area contributed by atoms with Crippen molar-refractivity contribution in [3.05, 3.63) is 34.4 Å². The summed E-state index contributed by atoms with van der Waals surface area (Å²) in [5, 5.41) is 4.68. The molecule has 0 unspecified atom stereocenters. The van der Waals surface area contributed by atoms with Crippen LogP contribution in [0.1, 0.15) is 36.2 Å². The number of rotatable bonds is 3. The van der Waals surface area contributed by atoms with Crippen LogP contribution in [-0.2, 0) is 6.54 Å². The van der Waals surface area contributed by atoms with Gasteiger partial charge in [0.25, 0.3) is 0 Å². The molecule has 0 N–H and O–H groups in total. The summed E-state index contributed by atoms with van der Waals surface area (Å²) in [5.41, 5.74) is 1.10. The van der Waals surface area contributed by atoms with E-state index in [1.807, 2.05) is 19.1 Å². The summed E-state index contributed by atoms with van der Waals surface area (Å²) >= 11 is 6.33. The minimum atomic E-state index is 0.194. The Bertz CT molecular complexity index is 719. The quantitative estimate of drug-likeness (QED) is 0.858. The summed E-state index contributed by atoms with van der Waals surface area (Å²) in [7, 11) is 0. The molecule has 23 heavy (non-hydrogen) atoms. The highest BCUT2D eigenvalue weighted by Gasteiger charge is 2.30. The Morgan fingerprint density at radius 2 is 2.17 bits per heavy atom. The highest BCUT2D eigenvalue weighted by molar-refractivity contribution is 6.32. The molecular formula is C16H18ClN3O3. The third-order valence-corrected chi connectivity index (χ3v) is 4.53. The van der Waals surface area contributed by atoms with E-state index in [0.717, 1.165) is 43.1 Å². The van der Waals surface area contributed by atoms with Crippen LogP contribution < -0.4 is 9.47 Å². The van der Waals surface area contributed by atoms with Gasteiger partial charge >= 0.3 is 0 Å². The lowest BCUT2D eigenvalue weighted by Crippen LogP contribution is -2.24. The topological polar surface area (TPSA) is 60.6 Å². The number of benzene rings is 1. The Kier molecular flexibility index (Phi) is 3.87. The van der Waals surface area contributed by atoms with Gasteiger partial charge in [0.15, 0.2) is 17.3 Å². The monoisotopic (exact) mass is 335 g/mol. The molecule has 1 atom stereocenters. The molecule has 0 bridgehead atoms. The minimum Gasteiger partial charge on any atom is -0.486 e. The van der Waals surface area contributed by atoms with Gasteiger partial charge in [0.2, 0.25) is 5.89 Å². The van der Waals surface area contributed by atoms with E-state index in [1.165, 1.54) is 0 Å². The molecule has 1 aromatic heterocycles. The van der Waals surface area contributed by atoms with E-state index in [0.29, 0.717) is 29.9 Å². The first-order chi connectivity index (χ1) is 11.2. The molecule has 0 saturated carbocycles. The third kappa shape index (κ3) is 2.88. The van der Waals surface area contributed by atoms with Gasteiger partial charge in [0.05, 0.1) is 11.1 Å². The predicted octanol–water partition coefficient (Wildman–Crippen LogP) is 3.14. The predicted molar refractivity (Wildman–Crippen MR) is 83.9 cm³/mol. The zero-order valence-corrected chi connectivity index (χ0v) is 13.7. The van der Waals surface area contributed by atoms with Crippen molar-refractivity contribution >= 4 is 11.6 Å². The maximum atomic E-state index is 6.33. The number of hydrogen-bond donors (Lipinski definition) is 0. The smallest absolute Gasteiger partial charge is 0.223 e. The van der Waals surface area contributed by atoms with Crippen LogP contribution in [0.2, 0.25) is 5.02 Å². The van der Waals surface area contributed by atoms with E-state index in [9.17, 15) is 0 Å². The number of ether oxygens (including phenoxy) is 2. The number of hydrogen-bond acceptors (Lipinski definition) is 6. The number of fused-ring (bicyclic) bond motifs is 1. The molecule has 2 aromatic rings. The number of aromatic nitrogens is 2. The number of halogens is 1. The lowest BCUT2D eigenvalue weighted by atomic mass is 10.1. The second kappa shape index (κ2) is 6.02. The van der Waals surface area contributed by atoms with Crippen LogP contribution in [0, 0.1) is 6.92 Å². The molecule has 4 rings (SSSR count). The van der Waals surface area contributed by atoms with E-state index < -0.39 is 0 Å². The van der Waals surface area contributed by atoms with Gasteiger partial charge in [-0.3, -0.25) is 4.90 Å². The fourth-order valence-corrected chi connectivity index (χ4v) is 3.54. The molecule has 3 heterocycles. The van der Waals surface area contributed by atoms with Crippen LogP contribution in [0.5, 0.6) is 11.5 Å². The maximum Gasteiger partial charge on any atom is 0.223 e. The molecule has 2 aliphatic rings. The van der Waals surface area contributed by atoms with Gasteiger partial charge in [0.1, 0.15) is 13.2 Å². The molecule has 0 aliphatic carbocycles. The first kappa shape index (κ1) is 14.8. The largest absolute Gasteiger partial charge is 0.486 e. The number of likely N-dealkylation sites (tertiary alicyclic amines) is 1. The maximum absolute atomic E-state index is 6.33. The van der Waals surface area contributed by atoms with Crippen LogP contribution >= 0.6 is 11.6 Å². The molecule has 0 spiro atoms. The Labute approximate surface area is 139 Å². The highest BCUT2D eigenvalue weighted by atomic mass is 35.5. The van der Waals surface area contributed by atoms with Crippen LogP contribution in [0.3, 0.4) is 0 Å². The molecule has 0 amide bonds. The Hall–Kier alpha value is -1.79. The Morgan fingerprint density at radius 3 is 3.00 bits per heavy atom. The van der Waals surface area contributed by atoms with Gasteiger partial charge in [-0.1, -0.05) is 16.8 Å². The van der Waals surface area contributed by atoms with Crippen LogP contribution in [0.25, 0.3) is 0 Å². The molecule has 2 aliphatic heterocycles. The SMILES string of the molecule is Cc1nc([C@H]2CCCN2Cc2cc(Cl)c3c(c2)OCCO3)no1. The number of aryl methyl sites for hydroxylation is 1. The Morgan fingerprint density at radius 1 is 1.30 bits per heavy atom. The van der Waals surface area contributed by atoms with Crippen molar-refractivity contribution in [1.29, 1.82) is 0 Å². The van der Waals surface area contributed by atoms with E-state index in [2.05, 4.69) is 15.0 Å². The molecular weight excluding hydrogens is 318 g/mol. The van der Waals surface area contributed by atoms with Gasteiger partial charge in [-0.2, -0.15) is 4.98 Å². The Balaban J connectivity index is 1.56. The first-order valence-corrected chi connectivity index (χ1v) is 8.21. The lowest BCUT2D eigenvalue weighted by Gasteiger charge is -2.24. The summed E-state index contributed by atoms with van der Waals surface area (Å²) in [6.45, 7) is 4.69. The van der Waals surface area contributed by atoms with Crippen molar-refractivity contribution in [2.45, 2.75) is 32.4 Å². The van der Waals surface area contributed by atoms with E-state index in [-0.39, 0.29) is 6.04 Å². The summed E-state index contributed by atoms with van der Waals surface area (Å²) in [5.74, 6) is 2.75. The van der Waals surface area contributed by atoms with Gasteiger partial charge in [-0.15, -0.1) is 0 Å². The van der Waals surface area contributed by atoms with Crippen molar-refractivity contribution < 1.29 is 14.0 Å². The summed E-state index contributed by atoms with van der Waals surface area (Å²) in [6.07, 6.45) is 2.16. The zero-order valence-electron chi connectivity index (χ0n) is 12.9. The van der Waals surface area contributed by atoms with Gasteiger partial charge in [-0.25, -0.2) is 0 Å². The highest BCUT2D eigenvalue weighted by Crippen LogP contribution is 2.39. The van der Waals surface area contributed by atoms with Crippen molar-refractivity contribution in [3.8, 4) is 11.5 Å². The van der Waals surface area contributed by atoms with Crippen molar-refractivity contribution in [3.63, 3.8) is 0 Å². The molecule has 1 saturated heterocycles. The van der Waals surface area contributed by atoms with Gasteiger partial charge < -0.3 is 14.0 Å². The van der Waals surface area contributed by atoms with Crippen LogP contribution in [-0.4, -0.2) is 34.8 Å². The fraction of sp³-hybridized carbons (Fsp3) is 0.500. The summed E-state index contributed by atoms with van der Waals surface area (Å²) < 4.78 is 16.3. The third-order valence-electron chi connectivity index (χ3n) is 4.25. The average molecular weight is 336 g/mol.